The van der Waals surface area contributed by atoms with Crippen molar-refractivity contribution in [3.05, 3.63) is 0 Å². The molecule has 0 spiro atoms. The van der Waals surface area contributed by atoms with Crippen LogP contribution in [0, 0.1) is 5.41 Å². The summed E-state index contributed by atoms with van der Waals surface area (Å²) in [4.78, 5) is 23.1. The molecule has 0 aliphatic heterocycles. The summed E-state index contributed by atoms with van der Waals surface area (Å²) in [6.45, 7) is 9.79. The Labute approximate surface area is 216 Å². The van der Waals surface area contributed by atoms with Gasteiger partial charge in [0.25, 0.3) is 0 Å². The van der Waals surface area contributed by atoms with E-state index in [4.69, 9.17) is 33.5 Å². The first kappa shape index (κ1) is 34.7. The van der Waals surface area contributed by atoms with E-state index in [0.29, 0.717) is 52.9 Å². The largest absolute Gasteiger partial charge is 0.481 e. The molecule has 0 radical (unpaired) electrons. The lowest BCUT2D eigenvalue weighted by Crippen LogP contribution is -2.34. The van der Waals surface area contributed by atoms with E-state index in [1.54, 1.807) is 0 Å². The van der Waals surface area contributed by atoms with Crippen molar-refractivity contribution in [2.75, 3.05) is 79.3 Å². The van der Waals surface area contributed by atoms with Crippen molar-refractivity contribution in [1.29, 1.82) is 0 Å². The maximum absolute atomic E-state index is 12.2. The second-order valence-electron chi connectivity index (χ2n) is 8.71. The van der Waals surface area contributed by atoms with Gasteiger partial charge in [-0.2, -0.15) is 0 Å². The first-order chi connectivity index (χ1) is 17.5. The van der Waals surface area contributed by atoms with E-state index in [0.717, 1.165) is 38.9 Å². The fourth-order valence-electron chi connectivity index (χ4n) is 3.39. The molecule has 0 aromatic heterocycles. The zero-order valence-corrected chi connectivity index (χ0v) is 22.5. The number of rotatable bonds is 29. The molecule has 0 amide bonds. The van der Waals surface area contributed by atoms with E-state index in [1.165, 1.54) is 0 Å². The van der Waals surface area contributed by atoms with Gasteiger partial charge in [-0.05, 0) is 38.5 Å². The Morgan fingerprint density at radius 1 is 0.528 bits per heavy atom. The highest BCUT2D eigenvalue weighted by Gasteiger charge is 2.37. The number of hydrogen-bond acceptors (Lipinski definition) is 8. The van der Waals surface area contributed by atoms with Gasteiger partial charge in [0.15, 0.2) is 0 Å². The highest BCUT2D eigenvalue weighted by molar-refractivity contribution is 5.74. The molecule has 0 heterocycles. The maximum atomic E-state index is 12.2. The summed E-state index contributed by atoms with van der Waals surface area (Å²) in [5, 5.41) is 18.9. The van der Waals surface area contributed by atoms with Gasteiger partial charge in [0.05, 0.1) is 58.3 Å². The van der Waals surface area contributed by atoms with E-state index >= 15 is 0 Å². The predicted molar refractivity (Wildman–Crippen MR) is 136 cm³/mol. The summed E-state index contributed by atoms with van der Waals surface area (Å²) >= 11 is 0. The molecule has 10 nitrogen and oxygen atoms in total. The normalized spacial score (nSPS) is 11.7. The molecule has 36 heavy (non-hydrogen) atoms. The average molecular weight is 523 g/mol. The van der Waals surface area contributed by atoms with Crippen LogP contribution in [0.25, 0.3) is 0 Å². The molecule has 10 heteroatoms. The fraction of sp³-hybridized carbons (Fsp3) is 0.923. The van der Waals surface area contributed by atoms with Crippen molar-refractivity contribution in [3.63, 3.8) is 0 Å². The van der Waals surface area contributed by atoms with Gasteiger partial charge in [0.2, 0.25) is 0 Å². The standard InChI is InChI=1S/C26H50O10/c1-3-5-12-31-16-20-35-22-18-33-14-10-26(25(29)30,9-7-8-24(27)28)11-15-34-19-23-36-21-17-32-13-6-4-2/h3-23H2,1-2H3,(H,27,28)(H,29,30). The minimum atomic E-state index is -1.10. The van der Waals surface area contributed by atoms with E-state index in [9.17, 15) is 14.7 Å². The molecule has 0 aliphatic carbocycles. The molecule has 214 valence electrons. The van der Waals surface area contributed by atoms with Gasteiger partial charge in [-0.25, -0.2) is 0 Å². The van der Waals surface area contributed by atoms with Crippen LogP contribution < -0.4 is 0 Å². The third kappa shape index (κ3) is 20.8. The highest BCUT2D eigenvalue weighted by atomic mass is 16.5. The van der Waals surface area contributed by atoms with Crippen LogP contribution >= 0.6 is 0 Å². The van der Waals surface area contributed by atoms with E-state index in [-0.39, 0.29) is 45.3 Å². The van der Waals surface area contributed by atoms with Crippen molar-refractivity contribution >= 4 is 11.9 Å². The number of hydrogen-bond donors (Lipinski definition) is 2. The lowest BCUT2D eigenvalue weighted by atomic mass is 9.77. The summed E-state index contributed by atoms with van der Waals surface area (Å²) in [6.07, 6.45) is 5.27. The zero-order chi connectivity index (χ0) is 26.7. The number of carboxylic acids is 2. The van der Waals surface area contributed by atoms with Crippen molar-refractivity contribution in [1.82, 2.24) is 0 Å². The number of carbonyl (C=O) groups is 2. The molecular weight excluding hydrogens is 472 g/mol. The van der Waals surface area contributed by atoms with Gasteiger partial charge >= 0.3 is 11.9 Å². The summed E-state index contributed by atoms with van der Waals surface area (Å²) in [6, 6.07) is 0. The van der Waals surface area contributed by atoms with Crippen LogP contribution in [-0.2, 0) is 38.0 Å². The third-order valence-electron chi connectivity index (χ3n) is 5.72. The quantitative estimate of drug-likeness (QED) is 0.140. The Morgan fingerprint density at radius 2 is 0.889 bits per heavy atom. The van der Waals surface area contributed by atoms with Gasteiger partial charge in [-0.15, -0.1) is 0 Å². The van der Waals surface area contributed by atoms with Crippen LogP contribution in [0.5, 0.6) is 0 Å². The Morgan fingerprint density at radius 3 is 1.22 bits per heavy atom. The van der Waals surface area contributed by atoms with Gasteiger partial charge in [0, 0.05) is 32.8 Å². The average Bonchev–Trinajstić information content (AvgIpc) is 2.85. The number of aliphatic carboxylic acids is 2. The van der Waals surface area contributed by atoms with Crippen LogP contribution in [0.15, 0.2) is 0 Å². The molecule has 0 saturated heterocycles. The van der Waals surface area contributed by atoms with Gasteiger partial charge in [0.1, 0.15) is 0 Å². The van der Waals surface area contributed by atoms with Crippen LogP contribution in [-0.4, -0.2) is 101 Å². The molecule has 0 atom stereocenters. The number of unbranched alkanes of at least 4 members (excludes halogenated alkanes) is 2. The highest BCUT2D eigenvalue weighted by Crippen LogP contribution is 2.34. The van der Waals surface area contributed by atoms with Crippen LogP contribution in [0.1, 0.15) is 71.6 Å². The minimum absolute atomic E-state index is 0.0704. The molecular formula is C26H50O10. The van der Waals surface area contributed by atoms with Crippen LogP contribution in [0.2, 0.25) is 0 Å². The van der Waals surface area contributed by atoms with Crippen molar-refractivity contribution < 1.29 is 48.2 Å². The molecule has 0 aromatic carbocycles. The molecule has 0 saturated carbocycles. The summed E-state index contributed by atoms with van der Waals surface area (Å²) in [5.74, 6) is -1.89. The Hall–Kier alpha value is -1.30. The first-order valence-electron chi connectivity index (χ1n) is 13.4. The SMILES string of the molecule is CCCCOCCOCCOCCC(CCCC(=O)O)(CCOCCOCCOCCCC)C(=O)O. The Kier molecular flexibility index (Phi) is 24.4. The monoisotopic (exact) mass is 522 g/mol. The van der Waals surface area contributed by atoms with E-state index in [2.05, 4.69) is 13.8 Å². The topological polar surface area (TPSA) is 130 Å². The van der Waals surface area contributed by atoms with Crippen molar-refractivity contribution in [2.24, 2.45) is 5.41 Å². The molecule has 0 aromatic rings. The second-order valence-corrected chi connectivity index (χ2v) is 8.71. The zero-order valence-electron chi connectivity index (χ0n) is 22.5. The molecule has 0 rings (SSSR count). The molecule has 0 unspecified atom stereocenters. The fourth-order valence-corrected chi connectivity index (χ4v) is 3.39. The summed E-state index contributed by atoms with van der Waals surface area (Å²) in [7, 11) is 0. The molecule has 2 N–H and O–H groups in total. The van der Waals surface area contributed by atoms with Crippen LogP contribution in [0.3, 0.4) is 0 Å². The smallest absolute Gasteiger partial charge is 0.309 e. The summed E-state index contributed by atoms with van der Waals surface area (Å²) in [5.41, 5.74) is -1.10. The maximum Gasteiger partial charge on any atom is 0.309 e. The third-order valence-corrected chi connectivity index (χ3v) is 5.72. The molecule has 0 fully saturated rings. The first-order valence-corrected chi connectivity index (χ1v) is 13.4. The minimum Gasteiger partial charge on any atom is -0.481 e. The lowest BCUT2D eigenvalue weighted by molar-refractivity contribution is -0.153. The second kappa shape index (κ2) is 25.4. The number of ether oxygens (including phenoxy) is 6. The predicted octanol–water partition coefficient (Wildman–Crippen LogP) is 3.79. The lowest BCUT2D eigenvalue weighted by Gasteiger charge is -2.29. The molecule has 0 bridgehead atoms. The van der Waals surface area contributed by atoms with Crippen LogP contribution in [0.4, 0.5) is 0 Å². The van der Waals surface area contributed by atoms with E-state index in [1.807, 2.05) is 0 Å². The van der Waals surface area contributed by atoms with Crippen molar-refractivity contribution in [2.45, 2.75) is 71.6 Å². The molecule has 0 aliphatic rings. The van der Waals surface area contributed by atoms with E-state index < -0.39 is 17.4 Å². The Bertz CT molecular complexity index is 489. The van der Waals surface area contributed by atoms with Crippen molar-refractivity contribution in [3.8, 4) is 0 Å². The van der Waals surface area contributed by atoms with Gasteiger partial charge in [-0.1, -0.05) is 26.7 Å². The van der Waals surface area contributed by atoms with Gasteiger partial charge < -0.3 is 38.6 Å². The van der Waals surface area contributed by atoms with Gasteiger partial charge in [-0.3, -0.25) is 9.59 Å². The summed E-state index contributed by atoms with van der Waals surface area (Å²) < 4.78 is 33.0. The Balaban J connectivity index is 4.24. The number of carboxylic acid groups (broad SMARTS) is 2.